The van der Waals surface area contributed by atoms with E-state index in [1.54, 1.807) is 31.1 Å². The molecule has 1 fully saturated rings. The van der Waals surface area contributed by atoms with E-state index in [0.717, 1.165) is 5.56 Å². The van der Waals surface area contributed by atoms with Gasteiger partial charge >= 0.3 is 0 Å². The van der Waals surface area contributed by atoms with E-state index in [0.29, 0.717) is 31.9 Å². The Morgan fingerprint density at radius 1 is 1.00 bits per heavy atom. The fourth-order valence-electron chi connectivity index (χ4n) is 3.51. The maximum atomic E-state index is 13.0. The molecule has 0 radical (unpaired) electrons. The molecule has 3 rings (SSSR count). The third-order valence-electron chi connectivity index (χ3n) is 5.06. The monoisotopic (exact) mass is 398 g/mol. The van der Waals surface area contributed by atoms with Gasteiger partial charge in [-0.2, -0.15) is 0 Å². The molecule has 0 saturated carbocycles. The first-order valence-electron chi connectivity index (χ1n) is 9.72. The van der Waals surface area contributed by atoms with Gasteiger partial charge in [0.05, 0.1) is 6.54 Å². The highest BCUT2D eigenvalue weighted by atomic mass is 19.1. The Kier molecular flexibility index (Phi) is 6.95. The van der Waals surface area contributed by atoms with Crippen LogP contribution in [0.5, 0.6) is 0 Å². The first kappa shape index (κ1) is 21.0. The number of hydrogen-bond acceptors (Lipinski definition) is 4. The number of nitrogens with zero attached hydrogens (tertiary/aromatic N) is 3. The van der Waals surface area contributed by atoms with Crippen molar-refractivity contribution in [2.45, 2.75) is 6.04 Å². The van der Waals surface area contributed by atoms with Crippen LogP contribution in [0.25, 0.3) is 0 Å². The van der Waals surface area contributed by atoms with Gasteiger partial charge in [0.2, 0.25) is 11.8 Å². The highest BCUT2D eigenvalue weighted by Crippen LogP contribution is 2.24. The van der Waals surface area contributed by atoms with Crippen molar-refractivity contribution in [3.8, 4) is 0 Å². The minimum atomic E-state index is -0.334. The molecule has 2 aromatic rings. The van der Waals surface area contributed by atoms with Crippen molar-refractivity contribution in [3.05, 3.63) is 66.0 Å². The van der Waals surface area contributed by atoms with Crippen LogP contribution in [0.15, 0.2) is 54.6 Å². The van der Waals surface area contributed by atoms with Gasteiger partial charge in [0, 0.05) is 46.0 Å². The Bertz CT molecular complexity index is 818. The fourth-order valence-corrected chi connectivity index (χ4v) is 3.51. The number of likely N-dealkylation sites (N-methyl/N-ethyl adjacent to an activating group) is 1. The van der Waals surface area contributed by atoms with Crippen molar-refractivity contribution in [1.29, 1.82) is 0 Å². The highest BCUT2D eigenvalue weighted by Gasteiger charge is 2.31. The minimum absolute atomic E-state index is 0.0544. The Balaban J connectivity index is 1.57. The first-order valence-corrected chi connectivity index (χ1v) is 9.72. The van der Waals surface area contributed by atoms with Crippen LogP contribution >= 0.6 is 0 Å². The quantitative estimate of drug-likeness (QED) is 0.811. The van der Waals surface area contributed by atoms with Crippen molar-refractivity contribution in [2.24, 2.45) is 0 Å². The lowest BCUT2D eigenvalue weighted by Gasteiger charge is -2.39. The molecule has 0 spiro atoms. The minimum Gasteiger partial charge on any atom is -0.347 e. The van der Waals surface area contributed by atoms with Gasteiger partial charge in [-0.15, -0.1) is 0 Å². The normalized spacial score (nSPS) is 16.2. The SMILES string of the molecule is CN(C)C(=O)[C@H](c1ccccc1)N1CCN(CC(=O)Nc2ccc(F)cc2)CC1. The van der Waals surface area contributed by atoms with Gasteiger partial charge in [-0.05, 0) is 29.8 Å². The second-order valence-corrected chi connectivity index (χ2v) is 7.41. The van der Waals surface area contributed by atoms with Gasteiger partial charge in [-0.1, -0.05) is 30.3 Å². The lowest BCUT2D eigenvalue weighted by atomic mass is 10.0. The molecule has 1 aliphatic rings. The number of anilines is 1. The summed E-state index contributed by atoms with van der Waals surface area (Å²) in [6.45, 7) is 3.05. The highest BCUT2D eigenvalue weighted by molar-refractivity contribution is 5.92. The molecule has 2 aromatic carbocycles. The van der Waals surface area contributed by atoms with Crippen molar-refractivity contribution in [3.63, 3.8) is 0 Å². The second-order valence-electron chi connectivity index (χ2n) is 7.41. The second kappa shape index (κ2) is 9.62. The predicted molar refractivity (Wildman–Crippen MR) is 111 cm³/mol. The molecule has 1 saturated heterocycles. The summed E-state index contributed by atoms with van der Waals surface area (Å²) in [5, 5.41) is 2.79. The summed E-state index contributed by atoms with van der Waals surface area (Å²) in [6.07, 6.45) is 0. The van der Waals surface area contributed by atoms with Crippen molar-refractivity contribution in [1.82, 2.24) is 14.7 Å². The Morgan fingerprint density at radius 2 is 1.62 bits per heavy atom. The topological polar surface area (TPSA) is 55.9 Å². The Labute approximate surface area is 170 Å². The van der Waals surface area contributed by atoms with Gasteiger partial charge in [0.25, 0.3) is 0 Å². The number of carbonyl (C=O) groups is 2. The summed E-state index contributed by atoms with van der Waals surface area (Å²) in [5.74, 6) is -0.410. The van der Waals surface area contributed by atoms with Crippen LogP contribution in [0.2, 0.25) is 0 Å². The molecule has 0 unspecified atom stereocenters. The lowest BCUT2D eigenvalue weighted by Crippen LogP contribution is -2.52. The summed E-state index contributed by atoms with van der Waals surface area (Å²) in [4.78, 5) is 31.0. The number of benzene rings is 2. The molecule has 7 heteroatoms. The molecule has 0 aromatic heterocycles. The third-order valence-corrected chi connectivity index (χ3v) is 5.06. The van der Waals surface area contributed by atoms with Crippen molar-refractivity contribution >= 4 is 17.5 Å². The van der Waals surface area contributed by atoms with Gasteiger partial charge in [-0.25, -0.2) is 4.39 Å². The van der Waals surface area contributed by atoms with Crippen LogP contribution in [0.1, 0.15) is 11.6 Å². The van der Waals surface area contributed by atoms with Crippen LogP contribution < -0.4 is 5.32 Å². The van der Waals surface area contributed by atoms with Gasteiger partial charge < -0.3 is 10.2 Å². The molecule has 29 heavy (non-hydrogen) atoms. The van der Waals surface area contributed by atoms with E-state index < -0.39 is 0 Å². The molecule has 1 aliphatic heterocycles. The maximum Gasteiger partial charge on any atom is 0.244 e. The predicted octanol–water partition coefficient (Wildman–Crippen LogP) is 2.21. The number of nitrogens with one attached hydrogen (secondary N) is 1. The molecule has 154 valence electrons. The molecule has 1 atom stereocenters. The Morgan fingerprint density at radius 3 is 2.21 bits per heavy atom. The molecular formula is C22H27FN4O2. The third kappa shape index (κ3) is 5.62. The zero-order valence-electron chi connectivity index (χ0n) is 16.8. The van der Waals surface area contributed by atoms with Gasteiger partial charge in [0.1, 0.15) is 11.9 Å². The van der Waals surface area contributed by atoms with E-state index in [4.69, 9.17) is 0 Å². The zero-order chi connectivity index (χ0) is 20.8. The van der Waals surface area contributed by atoms with E-state index in [1.807, 2.05) is 30.3 Å². The molecule has 1 N–H and O–H groups in total. The number of halogens is 1. The van der Waals surface area contributed by atoms with Gasteiger partial charge in [-0.3, -0.25) is 19.4 Å². The van der Waals surface area contributed by atoms with E-state index in [1.165, 1.54) is 12.1 Å². The standard InChI is InChI=1S/C22H27FN4O2/c1-25(2)22(29)21(17-6-4-3-5-7-17)27-14-12-26(13-15-27)16-20(28)24-19-10-8-18(23)9-11-19/h3-11,21H,12-16H2,1-2H3,(H,24,28)/t21-/m0/s1. The number of rotatable bonds is 6. The van der Waals surface area contributed by atoms with Crippen molar-refractivity contribution in [2.75, 3.05) is 52.1 Å². The van der Waals surface area contributed by atoms with Crippen molar-refractivity contribution < 1.29 is 14.0 Å². The summed E-state index contributed by atoms with van der Waals surface area (Å²) < 4.78 is 13.0. The van der Waals surface area contributed by atoms with Crippen LogP contribution in [0.3, 0.4) is 0 Å². The average molecular weight is 398 g/mol. The molecule has 0 bridgehead atoms. The van der Waals surface area contributed by atoms with Crippen LogP contribution in [-0.2, 0) is 9.59 Å². The molecule has 1 heterocycles. The average Bonchev–Trinajstić information content (AvgIpc) is 2.72. The zero-order valence-corrected chi connectivity index (χ0v) is 16.8. The van der Waals surface area contributed by atoms with E-state index in [2.05, 4.69) is 15.1 Å². The molecule has 2 amide bonds. The van der Waals surface area contributed by atoms with E-state index >= 15 is 0 Å². The summed E-state index contributed by atoms with van der Waals surface area (Å²) in [6, 6.07) is 15.2. The fraction of sp³-hybridized carbons (Fsp3) is 0.364. The summed E-state index contributed by atoms with van der Waals surface area (Å²) >= 11 is 0. The summed E-state index contributed by atoms with van der Waals surface area (Å²) in [5.41, 5.74) is 1.56. The van der Waals surface area contributed by atoms with E-state index in [-0.39, 0.29) is 30.2 Å². The smallest absolute Gasteiger partial charge is 0.244 e. The van der Waals surface area contributed by atoms with Crippen LogP contribution in [0, 0.1) is 5.82 Å². The largest absolute Gasteiger partial charge is 0.347 e. The number of hydrogen-bond donors (Lipinski definition) is 1. The van der Waals surface area contributed by atoms with Crippen LogP contribution in [-0.4, -0.2) is 73.3 Å². The summed E-state index contributed by atoms with van der Waals surface area (Å²) in [7, 11) is 3.54. The molecule has 0 aliphatic carbocycles. The van der Waals surface area contributed by atoms with E-state index in [9.17, 15) is 14.0 Å². The maximum absolute atomic E-state index is 13.0. The molecule has 6 nitrogen and oxygen atoms in total. The van der Waals surface area contributed by atoms with Crippen LogP contribution in [0.4, 0.5) is 10.1 Å². The molecular weight excluding hydrogens is 371 g/mol. The Hall–Kier alpha value is -2.77. The van der Waals surface area contributed by atoms with Gasteiger partial charge in [0.15, 0.2) is 0 Å². The number of piperazine rings is 1. The number of carbonyl (C=O) groups excluding carboxylic acids is 2. The lowest BCUT2D eigenvalue weighted by molar-refractivity contribution is -0.135. The first-order chi connectivity index (χ1) is 13.9. The number of amides is 2.